The summed E-state index contributed by atoms with van der Waals surface area (Å²) in [6.07, 6.45) is 4.27. The predicted octanol–water partition coefficient (Wildman–Crippen LogP) is 0.548. The van der Waals surface area contributed by atoms with Crippen LogP contribution in [0.1, 0.15) is 32.1 Å². The third-order valence-electron chi connectivity index (χ3n) is 2.11. The van der Waals surface area contributed by atoms with Gasteiger partial charge in [-0.3, -0.25) is 4.79 Å². The first-order valence-electron chi connectivity index (χ1n) is 5.20. The number of nitrogens with one attached hydrogen (secondary N) is 2. The maximum Gasteiger partial charge on any atom is 0.220 e. The smallest absolute Gasteiger partial charge is 0.220 e. The molecule has 0 unspecified atom stereocenters. The molecule has 1 amide bonds. The summed E-state index contributed by atoms with van der Waals surface area (Å²) in [7, 11) is 0. The molecule has 0 aromatic heterocycles. The Morgan fingerprint density at radius 1 is 1.43 bits per heavy atom. The Hall–Kier alpha value is -1.08. The lowest BCUT2D eigenvalue weighted by Crippen LogP contribution is -2.26. The van der Waals surface area contributed by atoms with E-state index in [9.17, 15) is 4.79 Å². The topological polar surface area (TPSA) is 64.9 Å². The largest absolute Gasteiger partial charge is 0.353 e. The quantitative estimate of drug-likeness (QED) is 0.583. The van der Waals surface area contributed by atoms with Crippen molar-refractivity contribution in [1.29, 1.82) is 5.26 Å². The number of hydrogen-bond donors (Lipinski definition) is 2. The van der Waals surface area contributed by atoms with Crippen molar-refractivity contribution < 1.29 is 4.79 Å². The van der Waals surface area contributed by atoms with E-state index < -0.39 is 0 Å². The lowest BCUT2D eigenvalue weighted by atomic mass is 10.3. The first-order valence-corrected chi connectivity index (χ1v) is 5.20. The number of hydrogen-bond acceptors (Lipinski definition) is 3. The number of nitrogens with zero attached hydrogens (tertiary/aromatic N) is 1. The summed E-state index contributed by atoms with van der Waals surface area (Å²) < 4.78 is 0. The van der Waals surface area contributed by atoms with Gasteiger partial charge < -0.3 is 10.6 Å². The average Bonchev–Trinajstić information content (AvgIpc) is 2.95. The van der Waals surface area contributed by atoms with Gasteiger partial charge in [0.1, 0.15) is 0 Å². The number of rotatable bonds is 7. The first-order chi connectivity index (χ1) is 6.83. The van der Waals surface area contributed by atoms with E-state index in [0.29, 0.717) is 18.9 Å². The number of carbonyl (C=O) groups excluding carboxylic acids is 1. The van der Waals surface area contributed by atoms with Crippen molar-refractivity contribution in [3.05, 3.63) is 0 Å². The fraction of sp³-hybridized carbons (Fsp3) is 0.800. The van der Waals surface area contributed by atoms with Gasteiger partial charge in [-0.25, -0.2) is 0 Å². The van der Waals surface area contributed by atoms with Gasteiger partial charge in [0, 0.05) is 25.4 Å². The van der Waals surface area contributed by atoms with Crippen LogP contribution in [0.15, 0.2) is 0 Å². The molecule has 0 aliphatic heterocycles. The average molecular weight is 195 g/mol. The minimum Gasteiger partial charge on any atom is -0.353 e. The summed E-state index contributed by atoms with van der Waals surface area (Å²) in [5.74, 6) is 0.162. The fourth-order valence-corrected chi connectivity index (χ4v) is 1.17. The highest BCUT2D eigenvalue weighted by molar-refractivity contribution is 5.76. The molecular formula is C10H17N3O. The van der Waals surface area contributed by atoms with E-state index in [-0.39, 0.29) is 5.91 Å². The van der Waals surface area contributed by atoms with Gasteiger partial charge in [-0.1, -0.05) is 0 Å². The van der Waals surface area contributed by atoms with E-state index in [1.165, 1.54) is 0 Å². The number of carbonyl (C=O) groups is 1. The van der Waals surface area contributed by atoms with Crippen LogP contribution < -0.4 is 10.6 Å². The lowest BCUT2D eigenvalue weighted by Gasteiger charge is -2.03. The molecule has 2 N–H and O–H groups in total. The highest BCUT2D eigenvalue weighted by Gasteiger charge is 2.22. The zero-order valence-corrected chi connectivity index (χ0v) is 8.38. The molecule has 4 heteroatoms. The highest BCUT2D eigenvalue weighted by Crippen LogP contribution is 2.18. The Morgan fingerprint density at radius 3 is 2.86 bits per heavy atom. The second kappa shape index (κ2) is 6.39. The van der Waals surface area contributed by atoms with E-state index in [1.807, 2.05) is 0 Å². The van der Waals surface area contributed by atoms with Gasteiger partial charge in [-0.05, 0) is 25.8 Å². The molecule has 1 aliphatic carbocycles. The van der Waals surface area contributed by atoms with Crippen molar-refractivity contribution in [2.75, 3.05) is 13.1 Å². The number of amides is 1. The summed E-state index contributed by atoms with van der Waals surface area (Å²) in [6.45, 7) is 1.54. The molecule has 1 rings (SSSR count). The molecule has 1 saturated carbocycles. The van der Waals surface area contributed by atoms with Gasteiger partial charge in [0.25, 0.3) is 0 Å². The molecule has 1 fully saturated rings. The Labute approximate surface area is 84.7 Å². The minimum atomic E-state index is 0.162. The van der Waals surface area contributed by atoms with Gasteiger partial charge in [0.2, 0.25) is 5.91 Å². The summed E-state index contributed by atoms with van der Waals surface area (Å²) in [4.78, 5) is 11.2. The van der Waals surface area contributed by atoms with Crippen molar-refractivity contribution in [1.82, 2.24) is 10.6 Å². The molecule has 0 aromatic carbocycles. The van der Waals surface area contributed by atoms with E-state index in [0.717, 1.165) is 32.4 Å². The van der Waals surface area contributed by atoms with Gasteiger partial charge in [0.15, 0.2) is 0 Å². The van der Waals surface area contributed by atoms with E-state index in [1.54, 1.807) is 0 Å². The molecule has 0 radical (unpaired) electrons. The molecule has 0 spiro atoms. The Morgan fingerprint density at radius 2 is 2.21 bits per heavy atom. The van der Waals surface area contributed by atoms with Crippen molar-refractivity contribution in [3.8, 4) is 6.07 Å². The van der Waals surface area contributed by atoms with Crippen molar-refractivity contribution >= 4 is 5.91 Å². The molecule has 0 saturated heterocycles. The van der Waals surface area contributed by atoms with Gasteiger partial charge in [-0.15, -0.1) is 0 Å². The van der Waals surface area contributed by atoms with Gasteiger partial charge in [0.05, 0.1) is 6.07 Å². The van der Waals surface area contributed by atoms with Crippen molar-refractivity contribution in [3.63, 3.8) is 0 Å². The highest BCUT2D eigenvalue weighted by atomic mass is 16.1. The second-order valence-electron chi connectivity index (χ2n) is 3.60. The zero-order valence-electron chi connectivity index (χ0n) is 8.38. The van der Waals surface area contributed by atoms with Gasteiger partial charge >= 0.3 is 0 Å². The van der Waals surface area contributed by atoms with Crippen LogP contribution in [-0.4, -0.2) is 25.0 Å². The standard InChI is InChI=1S/C10H17N3O/c11-6-2-8-12-7-1-3-10(14)13-9-4-5-9/h9,12H,1-5,7-8H2,(H,13,14). The third-order valence-corrected chi connectivity index (χ3v) is 2.11. The van der Waals surface area contributed by atoms with E-state index in [4.69, 9.17) is 5.26 Å². The predicted molar refractivity (Wildman–Crippen MR) is 53.5 cm³/mol. The van der Waals surface area contributed by atoms with Gasteiger partial charge in [-0.2, -0.15) is 5.26 Å². The Bertz CT molecular complexity index is 218. The van der Waals surface area contributed by atoms with Crippen LogP contribution in [0.25, 0.3) is 0 Å². The molecule has 1 aliphatic rings. The minimum absolute atomic E-state index is 0.162. The number of nitriles is 1. The monoisotopic (exact) mass is 195 g/mol. The summed E-state index contributed by atoms with van der Waals surface area (Å²) in [5, 5.41) is 14.3. The van der Waals surface area contributed by atoms with E-state index >= 15 is 0 Å². The maximum absolute atomic E-state index is 11.2. The molecule has 78 valence electrons. The normalized spacial score (nSPS) is 14.8. The molecule has 0 atom stereocenters. The summed E-state index contributed by atoms with van der Waals surface area (Å²) in [6, 6.07) is 2.53. The fourth-order valence-electron chi connectivity index (χ4n) is 1.17. The molecule has 4 nitrogen and oxygen atoms in total. The van der Waals surface area contributed by atoms with Crippen LogP contribution in [0, 0.1) is 11.3 Å². The summed E-state index contributed by atoms with van der Waals surface area (Å²) >= 11 is 0. The van der Waals surface area contributed by atoms with Crippen LogP contribution in [0.3, 0.4) is 0 Å². The van der Waals surface area contributed by atoms with Crippen molar-refractivity contribution in [2.45, 2.75) is 38.1 Å². The van der Waals surface area contributed by atoms with Crippen LogP contribution in [-0.2, 0) is 4.79 Å². The molecule has 0 aromatic rings. The van der Waals surface area contributed by atoms with E-state index in [2.05, 4.69) is 16.7 Å². The first kappa shape index (κ1) is 11.0. The van der Waals surface area contributed by atoms with Crippen LogP contribution in [0.5, 0.6) is 0 Å². The van der Waals surface area contributed by atoms with Crippen LogP contribution in [0.4, 0.5) is 0 Å². The molecule has 14 heavy (non-hydrogen) atoms. The lowest BCUT2D eigenvalue weighted by molar-refractivity contribution is -0.121. The Kier molecular flexibility index (Phi) is 5.02. The summed E-state index contributed by atoms with van der Waals surface area (Å²) in [5.41, 5.74) is 0. The molecule has 0 bridgehead atoms. The SMILES string of the molecule is N#CCCNCCCC(=O)NC1CC1. The zero-order chi connectivity index (χ0) is 10.2. The van der Waals surface area contributed by atoms with Crippen LogP contribution in [0.2, 0.25) is 0 Å². The molecule has 0 heterocycles. The molecular weight excluding hydrogens is 178 g/mol. The Balaban J connectivity index is 1.82. The maximum atomic E-state index is 11.2. The third kappa shape index (κ3) is 5.55. The second-order valence-corrected chi connectivity index (χ2v) is 3.60. The van der Waals surface area contributed by atoms with Crippen molar-refractivity contribution in [2.24, 2.45) is 0 Å². The van der Waals surface area contributed by atoms with Crippen LogP contribution >= 0.6 is 0 Å².